The molecule has 0 spiro atoms. The fraction of sp³-hybridized carbons (Fsp3) is 0.211. The molecule has 146 valence electrons. The van der Waals surface area contributed by atoms with E-state index in [9.17, 15) is 9.59 Å². The van der Waals surface area contributed by atoms with E-state index < -0.39 is 5.97 Å². The Kier molecular flexibility index (Phi) is 7.18. The second kappa shape index (κ2) is 9.60. The first-order chi connectivity index (χ1) is 13.5. The summed E-state index contributed by atoms with van der Waals surface area (Å²) in [5.41, 5.74) is 0.565. The highest BCUT2D eigenvalue weighted by molar-refractivity contribution is 7.99. The first-order valence-electron chi connectivity index (χ1n) is 8.29. The molecule has 1 aromatic heterocycles. The molecule has 0 aliphatic rings. The summed E-state index contributed by atoms with van der Waals surface area (Å²) in [7, 11) is 1.30. The van der Waals surface area contributed by atoms with Gasteiger partial charge in [0.1, 0.15) is 6.54 Å². The zero-order chi connectivity index (χ0) is 20.1. The average Bonchev–Trinajstić information content (AvgIpc) is 3.03. The van der Waals surface area contributed by atoms with Gasteiger partial charge in [0.05, 0.1) is 27.4 Å². The summed E-state index contributed by atoms with van der Waals surface area (Å²) < 4.78 is 7.11. The number of ether oxygens (including phenoxy) is 1. The highest BCUT2D eigenvalue weighted by atomic mass is 35.5. The molecule has 2 aromatic carbocycles. The van der Waals surface area contributed by atoms with E-state index >= 15 is 0 Å². The number of hydrogen-bond acceptors (Lipinski definition) is 5. The van der Waals surface area contributed by atoms with Gasteiger partial charge in [-0.2, -0.15) is 4.99 Å². The predicted octanol–water partition coefficient (Wildman–Crippen LogP) is 4.79. The Hall–Kier alpha value is -1.80. The standard InChI is InChI=1S/C19H16Cl2N2O3S2/c1-26-16(25)11-23-18-14(8-7-13(20)17(18)21)28-19(23)22-15(24)9-10-27-12-5-3-2-4-6-12/h2-8H,9-11H2,1H3. The molecule has 1 heterocycles. The lowest BCUT2D eigenvalue weighted by Gasteiger charge is -2.06. The van der Waals surface area contributed by atoms with Gasteiger partial charge in [-0.15, -0.1) is 11.8 Å². The van der Waals surface area contributed by atoms with E-state index in [1.807, 2.05) is 30.3 Å². The normalized spacial score (nSPS) is 11.8. The number of carbonyl (C=O) groups excluding carboxylic acids is 2. The van der Waals surface area contributed by atoms with Crippen molar-refractivity contribution in [3.05, 3.63) is 57.3 Å². The van der Waals surface area contributed by atoms with Gasteiger partial charge in [-0.1, -0.05) is 52.7 Å². The van der Waals surface area contributed by atoms with Crippen molar-refractivity contribution in [3.63, 3.8) is 0 Å². The Labute approximate surface area is 179 Å². The largest absolute Gasteiger partial charge is 0.468 e. The number of amides is 1. The van der Waals surface area contributed by atoms with E-state index in [2.05, 4.69) is 4.99 Å². The maximum Gasteiger partial charge on any atom is 0.325 e. The van der Waals surface area contributed by atoms with Gasteiger partial charge >= 0.3 is 5.97 Å². The number of halogens is 2. The Morgan fingerprint density at radius 1 is 1.18 bits per heavy atom. The van der Waals surface area contributed by atoms with Crippen LogP contribution in [0.2, 0.25) is 10.0 Å². The topological polar surface area (TPSA) is 60.7 Å². The molecular formula is C19H16Cl2N2O3S2. The molecule has 0 aliphatic carbocycles. The van der Waals surface area contributed by atoms with Crippen LogP contribution in [0.1, 0.15) is 6.42 Å². The molecule has 0 unspecified atom stereocenters. The van der Waals surface area contributed by atoms with Crippen LogP contribution in [0, 0.1) is 0 Å². The molecule has 0 radical (unpaired) electrons. The van der Waals surface area contributed by atoms with Crippen molar-refractivity contribution in [1.29, 1.82) is 0 Å². The minimum atomic E-state index is -0.468. The Balaban J connectivity index is 1.87. The van der Waals surface area contributed by atoms with E-state index in [1.165, 1.54) is 18.4 Å². The van der Waals surface area contributed by atoms with Crippen molar-refractivity contribution in [1.82, 2.24) is 4.57 Å². The minimum Gasteiger partial charge on any atom is -0.468 e. The highest BCUT2D eigenvalue weighted by Crippen LogP contribution is 2.32. The van der Waals surface area contributed by atoms with Crippen molar-refractivity contribution in [2.75, 3.05) is 12.9 Å². The van der Waals surface area contributed by atoms with Gasteiger partial charge in [-0.3, -0.25) is 9.59 Å². The maximum absolute atomic E-state index is 12.4. The number of rotatable bonds is 6. The van der Waals surface area contributed by atoms with E-state index in [1.54, 1.807) is 28.5 Å². The lowest BCUT2D eigenvalue weighted by Crippen LogP contribution is -2.22. The van der Waals surface area contributed by atoms with Gasteiger partial charge in [0.15, 0.2) is 4.80 Å². The van der Waals surface area contributed by atoms with Gasteiger partial charge < -0.3 is 9.30 Å². The quantitative estimate of drug-likeness (QED) is 0.396. The minimum absolute atomic E-state index is 0.110. The van der Waals surface area contributed by atoms with Crippen molar-refractivity contribution in [3.8, 4) is 0 Å². The number of thioether (sulfide) groups is 1. The monoisotopic (exact) mass is 454 g/mol. The van der Waals surface area contributed by atoms with Gasteiger partial charge in [0, 0.05) is 17.1 Å². The maximum atomic E-state index is 12.4. The van der Waals surface area contributed by atoms with Crippen LogP contribution in [-0.2, 0) is 20.9 Å². The zero-order valence-corrected chi connectivity index (χ0v) is 18.0. The molecule has 9 heteroatoms. The number of carbonyl (C=O) groups is 2. The molecule has 1 amide bonds. The average molecular weight is 455 g/mol. The molecule has 0 bridgehead atoms. The molecular weight excluding hydrogens is 439 g/mol. The third-order valence-electron chi connectivity index (χ3n) is 3.80. The lowest BCUT2D eigenvalue weighted by atomic mass is 10.3. The predicted molar refractivity (Wildman–Crippen MR) is 114 cm³/mol. The first kappa shape index (κ1) is 20.9. The SMILES string of the molecule is COC(=O)Cn1c(=NC(=O)CCSc2ccccc2)sc2ccc(Cl)c(Cl)c21. The van der Waals surface area contributed by atoms with E-state index in [4.69, 9.17) is 27.9 Å². The summed E-state index contributed by atoms with van der Waals surface area (Å²) in [6, 6.07) is 13.3. The number of hydrogen-bond donors (Lipinski definition) is 0. The summed E-state index contributed by atoms with van der Waals surface area (Å²) in [4.78, 5) is 29.9. The molecule has 3 rings (SSSR count). The van der Waals surface area contributed by atoms with Crippen LogP contribution in [0.4, 0.5) is 0 Å². The Morgan fingerprint density at radius 3 is 2.64 bits per heavy atom. The van der Waals surface area contributed by atoms with Crippen LogP contribution >= 0.6 is 46.3 Å². The molecule has 0 saturated carbocycles. The van der Waals surface area contributed by atoms with Crippen LogP contribution in [0.5, 0.6) is 0 Å². The third-order valence-corrected chi connectivity index (χ3v) is 6.65. The first-order valence-corrected chi connectivity index (χ1v) is 10.8. The molecule has 0 aliphatic heterocycles. The number of thiazole rings is 1. The van der Waals surface area contributed by atoms with Crippen molar-refractivity contribution in [2.24, 2.45) is 4.99 Å². The van der Waals surface area contributed by atoms with E-state index in [0.29, 0.717) is 26.1 Å². The molecule has 0 fully saturated rings. The number of benzene rings is 2. The third kappa shape index (κ3) is 4.97. The molecule has 28 heavy (non-hydrogen) atoms. The van der Waals surface area contributed by atoms with Crippen LogP contribution < -0.4 is 4.80 Å². The molecule has 0 saturated heterocycles. The van der Waals surface area contributed by atoms with Gasteiger partial charge in [-0.05, 0) is 24.3 Å². The fourth-order valence-corrected chi connectivity index (χ4v) is 4.86. The fourth-order valence-electron chi connectivity index (χ4n) is 2.46. The van der Waals surface area contributed by atoms with Crippen molar-refractivity contribution in [2.45, 2.75) is 17.9 Å². The smallest absolute Gasteiger partial charge is 0.325 e. The summed E-state index contributed by atoms with van der Waals surface area (Å²) in [5.74, 6) is -0.124. The van der Waals surface area contributed by atoms with Gasteiger partial charge in [0.25, 0.3) is 0 Å². The molecule has 3 aromatic rings. The Bertz CT molecular complexity index is 1080. The number of aromatic nitrogens is 1. The van der Waals surface area contributed by atoms with Gasteiger partial charge in [0.2, 0.25) is 5.91 Å². The van der Waals surface area contributed by atoms with Crippen molar-refractivity contribution >= 4 is 68.4 Å². The van der Waals surface area contributed by atoms with Crippen LogP contribution in [-0.4, -0.2) is 29.3 Å². The number of nitrogens with zero attached hydrogens (tertiary/aromatic N) is 2. The van der Waals surface area contributed by atoms with Crippen LogP contribution in [0.15, 0.2) is 52.4 Å². The zero-order valence-electron chi connectivity index (χ0n) is 14.9. The summed E-state index contributed by atoms with van der Waals surface area (Å²) >= 11 is 15.3. The molecule has 0 N–H and O–H groups in total. The summed E-state index contributed by atoms with van der Waals surface area (Å²) in [6.07, 6.45) is 0.278. The highest BCUT2D eigenvalue weighted by Gasteiger charge is 2.16. The lowest BCUT2D eigenvalue weighted by molar-refractivity contribution is -0.141. The van der Waals surface area contributed by atoms with Crippen LogP contribution in [0.25, 0.3) is 10.2 Å². The second-order valence-electron chi connectivity index (χ2n) is 5.67. The van der Waals surface area contributed by atoms with E-state index in [0.717, 1.165) is 9.60 Å². The second-order valence-corrected chi connectivity index (χ2v) is 8.63. The number of fused-ring (bicyclic) bond motifs is 1. The van der Waals surface area contributed by atoms with Gasteiger partial charge in [-0.25, -0.2) is 0 Å². The number of esters is 1. The summed E-state index contributed by atoms with van der Waals surface area (Å²) in [5, 5.41) is 0.676. The van der Waals surface area contributed by atoms with Crippen LogP contribution in [0.3, 0.4) is 0 Å². The Morgan fingerprint density at radius 2 is 1.93 bits per heavy atom. The number of methoxy groups -OCH3 is 1. The summed E-state index contributed by atoms with van der Waals surface area (Å²) in [6.45, 7) is -0.110. The molecule has 0 atom stereocenters. The van der Waals surface area contributed by atoms with Crippen molar-refractivity contribution < 1.29 is 14.3 Å². The molecule has 5 nitrogen and oxygen atoms in total. The van der Waals surface area contributed by atoms with E-state index in [-0.39, 0.29) is 18.9 Å².